The molecule has 0 aromatic carbocycles. The van der Waals surface area contributed by atoms with Crippen molar-refractivity contribution in [2.45, 2.75) is 168 Å². The smallest absolute Gasteiger partial charge is 0.306 e. The van der Waals surface area contributed by atoms with Gasteiger partial charge in [-0.3, -0.25) is 14.4 Å². The molecule has 0 bridgehead atoms. The van der Waals surface area contributed by atoms with Gasteiger partial charge in [0.05, 0.1) is 0 Å². The molecule has 0 aliphatic heterocycles. The van der Waals surface area contributed by atoms with Crippen molar-refractivity contribution >= 4 is 17.9 Å². The first kappa shape index (κ1) is 58.0. The van der Waals surface area contributed by atoms with E-state index in [1.807, 2.05) is 122 Å². The van der Waals surface area contributed by atoms with Gasteiger partial charge in [-0.2, -0.15) is 0 Å². The second-order valence-corrected chi connectivity index (χ2v) is 15.2. The highest BCUT2D eigenvalue weighted by molar-refractivity contribution is 5.71. The van der Waals surface area contributed by atoms with E-state index >= 15 is 0 Å². The number of ether oxygens (including phenoxy) is 3. The first-order valence-corrected chi connectivity index (χ1v) is 24.2. The third-order valence-electron chi connectivity index (χ3n) is 9.32. The molecule has 348 valence electrons. The van der Waals surface area contributed by atoms with E-state index in [9.17, 15) is 14.4 Å². The molecule has 0 spiro atoms. The van der Waals surface area contributed by atoms with E-state index in [1.54, 1.807) is 0 Å². The van der Waals surface area contributed by atoms with Crippen LogP contribution in [-0.4, -0.2) is 37.2 Å². The van der Waals surface area contributed by atoms with Crippen molar-refractivity contribution in [3.8, 4) is 0 Å². The summed E-state index contributed by atoms with van der Waals surface area (Å²) in [6.07, 6.45) is 72.2. The zero-order valence-electron chi connectivity index (χ0n) is 39.5. The summed E-state index contributed by atoms with van der Waals surface area (Å²) < 4.78 is 16.7. The van der Waals surface area contributed by atoms with Crippen molar-refractivity contribution in [3.63, 3.8) is 0 Å². The maximum absolute atomic E-state index is 12.8. The molecule has 1 atom stereocenters. The van der Waals surface area contributed by atoms with E-state index in [-0.39, 0.29) is 44.0 Å². The van der Waals surface area contributed by atoms with Crippen LogP contribution in [0.5, 0.6) is 0 Å². The molecule has 0 saturated carbocycles. The Kier molecular flexibility index (Phi) is 45.8. The number of carbonyl (C=O) groups is 3. The second kappa shape index (κ2) is 49.7. The number of hydrogen-bond donors (Lipinski definition) is 0. The summed E-state index contributed by atoms with van der Waals surface area (Å²) in [5.74, 6) is -1.04. The molecule has 6 heteroatoms. The van der Waals surface area contributed by atoms with Gasteiger partial charge in [0, 0.05) is 19.3 Å². The first-order valence-electron chi connectivity index (χ1n) is 24.2. The highest BCUT2D eigenvalue weighted by Crippen LogP contribution is 2.11. The topological polar surface area (TPSA) is 78.9 Å². The fraction of sp³-hybridized carbons (Fsp3) is 0.491. The molecule has 0 saturated heterocycles. The van der Waals surface area contributed by atoms with Crippen molar-refractivity contribution in [1.29, 1.82) is 0 Å². The molecule has 1 unspecified atom stereocenters. The molecule has 63 heavy (non-hydrogen) atoms. The van der Waals surface area contributed by atoms with Crippen molar-refractivity contribution in [2.24, 2.45) is 0 Å². The van der Waals surface area contributed by atoms with Gasteiger partial charge in [-0.05, 0) is 77.0 Å². The van der Waals surface area contributed by atoms with Crippen molar-refractivity contribution in [2.75, 3.05) is 13.2 Å². The Labute approximate surface area is 384 Å². The Balaban J connectivity index is 4.61. The monoisotopic (exact) mass is 865 g/mol. The molecule has 0 aliphatic carbocycles. The Morgan fingerprint density at radius 2 is 0.635 bits per heavy atom. The van der Waals surface area contributed by atoms with E-state index in [1.165, 1.54) is 19.3 Å². The number of allylic oxidation sites excluding steroid dienone is 26. The Morgan fingerprint density at radius 3 is 1.03 bits per heavy atom. The zero-order valence-corrected chi connectivity index (χ0v) is 39.5. The van der Waals surface area contributed by atoms with Crippen LogP contribution in [0.25, 0.3) is 0 Å². The lowest BCUT2D eigenvalue weighted by atomic mass is 10.1. The Morgan fingerprint density at radius 1 is 0.333 bits per heavy atom. The standard InChI is InChI=1S/C57H84O6/c1-4-7-10-13-16-19-22-24-26-27-28-29-31-32-35-38-41-44-47-50-56(59)62-53-54(52-61-55(58)49-46-43-40-37-34-21-18-15-12-9-6-3)63-57(60)51-48-45-42-39-36-33-30-25-23-20-17-14-11-8-5-2/h7-8,10-11,13-20,22-33,35-36,54H,4-6,9,12,21,34,37-53H2,1-3H3/b10-7-,11-8-,16-13-,17-14-,18-15-,22-19-,23-20-,26-24-,28-27+,30-25-,31-29-,35-32-,36-33-. The summed E-state index contributed by atoms with van der Waals surface area (Å²) in [5.41, 5.74) is 0. The van der Waals surface area contributed by atoms with E-state index in [0.29, 0.717) is 19.3 Å². The van der Waals surface area contributed by atoms with Gasteiger partial charge in [-0.15, -0.1) is 0 Å². The normalized spacial score (nSPS) is 13.5. The molecule has 0 rings (SSSR count). The maximum atomic E-state index is 12.8. The number of rotatable bonds is 40. The van der Waals surface area contributed by atoms with Crippen LogP contribution in [-0.2, 0) is 28.6 Å². The zero-order chi connectivity index (χ0) is 45.8. The van der Waals surface area contributed by atoms with Gasteiger partial charge < -0.3 is 14.2 Å². The van der Waals surface area contributed by atoms with Crippen LogP contribution >= 0.6 is 0 Å². The lowest BCUT2D eigenvalue weighted by Crippen LogP contribution is -2.30. The highest BCUT2D eigenvalue weighted by atomic mass is 16.6. The van der Waals surface area contributed by atoms with Crippen molar-refractivity contribution < 1.29 is 28.6 Å². The molecule has 0 heterocycles. The van der Waals surface area contributed by atoms with Crippen LogP contribution in [0.15, 0.2) is 158 Å². The molecule has 6 nitrogen and oxygen atoms in total. The Hall–Kier alpha value is -4.97. The lowest BCUT2D eigenvalue weighted by Gasteiger charge is -2.18. The third kappa shape index (κ3) is 47.9. The van der Waals surface area contributed by atoms with Crippen LogP contribution in [0, 0.1) is 0 Å². The second-order valence-electron chi connectivity index (χ2n) is 15.2. The van der Waals surface area contributed by atoms with Gasteiger partial charge in [0.2, 0.25) is 0 Å². The van der Waals surface area contributed by atoms with Gasteiger partial charge in [0.1, 0.15) is 13.2 Å². The average molecular weight is 865 g/mol. The third-order valence-corrected chi connectivity index (χ3v) is 9.32. The fourth-order valence-electron chi connectivity index (χ4n) is 5.72. The largest absolute Gasteiger partial charge is 0.462 e. The fourth-order valence-corrected chi connectivity index (χ4v) is 5.72. The molecule has 0 amide bonds. The van der Waals surface area contributed by atoms with Crippen LogP contribution in [0.1, 0.15) is 162 Å². The van der Waals surface area contributed by atoms with Crippen LogP contribution < -0.4 is 0 Å². The minimum absolute atomic E-state index is 0.123. The molecular formula is C57H84O6. The van der Waals surface area contributed by atoms with Gasteiger partial charge in [-0.1, -0.05) is 224 Å². The summed E-state index contributed by atoms with van der Waals surface area (Å²) in [6, 6.07) is 0. The quantitative estimate of drug-likeness (QED) is 0.0201. The molecule has 0 aromatic rings. The van der Waals surface area contributed by atoms with Crippen LogP contribution in [0.3, 0.4) is 0 Å². The molecule has 0 aromatic heterocycles. The van der Waals surface area contributed by atoms with E-state index in [2.05, 4.69) is 57.2 Å². The predicted molar refractivity (Wildman–Crippen MR) is 269 cm³/mol. The minimum Gasteiger partial charge on any atom is -0.462 e. The van der Waals surface area contributed by atoms with E-state index < -0.39 is 6.10 Å². The molecular weight excluding hydrogens is 781 g/mol. The minimum atomic E-state index is -0.830. The summed E-state index contributed by atoms with van der Waals surface area (Å²) in [6.45, 7) is 6.18. The summed E-state index contributed by atoms with van der Waals surface area (Å²) in [4.78, 5) is 37.9. The van der Waals surface area contributed by atoms with Gasteiger partial charge >= 0.3 is 17.9 Å². The Bertz CT molecular complexity index is 1510. The molecule has 0 radical (unpaired) electrons. The summed E-state index contributed by atoms with van der Waals surface area (Å²) in [7, 11) is 0. The van der Waals surface area contributed by atoms with E-state index in [0.717, 1.165) is 89.9 Å². The SMILES string of the molecule is CC\C=C/C=C\C=C/C=C\C=C/CCCCCC(=O)OC(COC(=O)CCCCC\C=C/C=C\C=C\C=C/C=C\C=C/C=C\CC)COC(=O)CCCCCCC/C=C\CCCC. The maximum Gasteiger partial charge on any atom is 0.306 e. The lowest BCUT2D eigenvalue weighted by molar-refractivity contribution is -0.167. The first-order chi connectivity index (χ1) is 31.0. The van der Waals surface area contributed by atoms with Crippen molar-refractivity contribution in [3.05, 3.63) is 158 Å². The number of unbranched alkanes of at least 4 members (excludes halogenated alkanes) is 13. The molecule has 0 fully saturated rings. The van der Waals surface area contributed by atoms with Gasteiger partial charge in [0.25, 0.3) is 0 Å². The number of esters is 3. The summed E-state index contributed by atoms with van der Waals surface area (Å²) >= 11 is 0. The molecule has 0 aliphatic rings. The van der Waals surface area contributed by atoms with Gasteiger partial charge in [0.15, 0.2) is 6.10 Å². The predicted octanol–water partition coefficient (Wildman–Crippen LogP) is 15.9. The number of carbonyl (C=O) groups excluding carboxylic acids is 3. The summed E-state index contributed by atoms with van der Waals surface area (Å²) in [5, 5.41) is 0. The average Bonchev–Trinajstić information content (AvgIpc) is 3.28. The van der Waals surface area contributed by atoms with E-state index in [4.69, 9.17) is 14.2 Å². The highest BCUT2D eigenvalue weighted by Gasteiger charge is 2.19. The number of hydrogen-bond acceptors (Lipinski definition) is 6. The van der Waals surface area contributed by atoms with Gasteiger partial charge in [-0.25, -0.2) is 0 Å². The van der Waals surface area contributed by atoms with Crippen LogP contribution in [0.4, 0.5) is 0 Å². The molecule has 0 N–H and O–H groups in total. The van der Waals surface area contributed by atoms with Crippen LogP contribution in [0.2, 0.25) is 0 Å². The van der Waals surface area contributed by atoms with Crippen molar-refractivity contribution in [1.82, 2.24) is 0 Å².